The van der Waals surface area contributed by atoms with Crippen LogP contribution in [-0.2, 0) is 0 Å². The maximum atomic E-state index is 3.91. The van der Waals surface area contributed by atoms with Crippen LogP contribution in [-0.4, -0.2) is 36.1 Å². The molecular formula is C17H32N2. The van der Waals surface area contributed by atoms with E-state index in [1.807, 2.05) is 0 Å². The molecule has 3 rings (SSSR count). The molecule has 2 aliphatic carbocycles. The fourth-order valence-electron chi connectivity index (χ4n) is 4.72. The summed E-state index contributed by atoms with van der Waals surface area (Å²) in [4.78, 5) is 2.82. The van der Waals surface area contributed by atoms with Crippen LogP contribution in [0.15, 0.2) is 0 Å². The highest BCUT2D eigenvalue weighted by molar-refractivity contribution is 4.99. The molecule has 1 aliphatic heterocycles. The van der Waals surface area contributed by atoms with Gasteiger partial charge in [-0.3, -0.25) is 4.90 Å². The van der Waals surface area contributed by atoms with Crippen molar-refractivity contribution in [2.75, 3.05) is 19.6 Å². The monoisotopic (exact) mass is 264 g/mol. The Morgan fingerprint density at radius 2 is 1.89 bits per heavy atom. The fourth-order valence-corrected chi connectivity index (χ4v) is 4.72. The zero-order valence-electron chi connectivity index (χ0n) is 13.0. The largest absolute Gasteiger partial charge is 0.308 e. The predicted molar refractivity (Wildman–Crippen MR) is 81.4 cm³/mol. The first kappa shape index (κ1) is 13.9. The lowest BCUT2D eigenvalue weighted by Crippen LogP contribution is -2.64. The van der Waals surface area contributed by atoms with E-state index in [9.17, 15) is 0 Å². The molecule has 1 N–H and O–H groups in total. The highest BCUT2D eigenvalue weighted by atomic mass is 15.3. The van der Waals surface area contributed by atoms with Gasteiger partial charge in [-0.25, -0.2) is 0 Å². The van der Waals surface area contributed by atoms with Gasteiger partial charge in [-0.1, -0.05) is 32.6 Å². The van der Waals surface area contributed by atoms with E-state index in [0.717, 1.165) is 17.9 Å². The summed E-state index contributed by atoms with van der Waals surface area (Å²) < 4.78 is 0. The minimum Gasteiger partial charge on any atom is -0.308 e. The van der Waals surface area contributed by atoms with Crippen molar-refractivity contribution in [2.45, 2.75) is 76.8 Å². The van der Waals surface area contributed by atoms with Crippen molar-refractivity contribution in [3.05, 3.63) is 0 Å². The summed E-state index contributed by atoms with van der Waals surface area (Å²) in [6.45, 7) is 8.75. The molecule has 110 valence electrons. The molecule has 1 heterocycles. The lowest BCUT2D eigenvalue weighted by Gasteiger charge is -2.49. The summed E-state index contributed by atoms with van der Waals surface area (Å²) in [5, 5.41) is 3.91. The third kappa shape index (κ3) is 3.16. The van der Waals surface area contributed by atoms with Gasteiger partial charge >= 0.3 is 0 Å². The number of nitrogens with one attached hydrogen (secondary N) is 1. The smallest absolute Gasteiger partial charge is 0.0309 e. The van der Waals surface area contributed by atoms with Gasteiger partial charge in [-0.15, -0.1) is 0 Å². The Kier molecular flexibility index (Phi) is 4.19. The minimum atomic E-state index is 0.481. The van der Waals surface area contributed by atoms with Crippen molar-refractivity contribution < 1.29 is 0 Å². The molecule has 3 fully saturated rings. The summed E-state index contributed by atoms with van der Waals surface area (Å²) in [6.07, 6.45) is 11.6. The van der Waals surface area contributed by atoms with Gasteiger partial charge in [0.25, 0.3) is 0 Å². The van der Waals surface area contributed by atoms with Crippen LogP contribution < -0.4 is 5.32 Å². The molecule has 19 heavy (non-hydrogen) atoms. The van der Waals surface area contributed by atoms with Gasteiger partial charge in [-0.05, 0) is 44.4 Å². The van der Waals surface area contributed by atoms with Gasteiger partial charge in [0.05, 0.1) is 0 Å². The van der Waals surface area contributed by atoms with E-state index in [1.54, 1.807) is 0 Å². The summed E-state index contributed by atoms with van der Waals surface area (Å²) in [7, 11) is 0. The Bertz CT molecular complexity index is 296. The van der Waals surface area contributed by atoms with Crippen molar-refractivity contribution in [3.8, 4) is 0 Å². The van der Waals surface area contributed by atoms with Crippen LogP contribution in [0.1, 0.15) is 65.2 Å². The molecule has 2 nitrogen and oxygen atoms in total. The average molecular weight is 264 g/mol. The van der Waals surface area contributed by atoms with Gasteiger partial charge in [0, 0.05) is 31.2 Å². The van der Waals surface area contributed by atoms with Crippen LogP contribution in [0.4, 0.5) is 0 Å². The van der Waals surface area contributed by atoms with Crippen molar-refractivity contribution >= 4 is 0 Å². The molecule has 0 radical (unpaired) electrons. The number of piperazine rings is 1. The van der Waals surface area contributed by atoms with E-state index in [-0.39, 0.29) is 0 Å². The first-order valence-corrected chi connectivity index (χ1v) is 8.66. The van der Waals surface area contributed by atoms with E-state index in [2.05, 4.69) is 24.1 Å². The Hall–Kier alpha value is -0.0800. The first-order valence-electron chi connectivity index (χ1n) is 8.66. The van der Waals surface area contributed by atoms with E-state index >= 15 is 0 Å². The fraction of sp³-hybridized carbons (Fsp3) is 1.00. The Balaban J connectivity index is 1.59. The molecule has 2 heteroatoms. The third-order valence-electron chi connectivity index (χ3n) is 6.01. The SMILES string of the molecule is CC1CCC(CN2CC3(CCCCC3)NCC2C)C1. The molecule has 0 aromatic carbocycles. The Labute approximate surface area is 119 Å². The second-order valence-corrected chi connectivity index (χ2v) is 7.78. The summed E-state index contributed by atoms with van der Waals surface area (Å²) >= 11 is 0. The second kappa shape index (κ2) is 5.73. The Morgan fingerprint density at radius 1 is 1.11 bits per heavy atom. The number of nitrogens with zero attached hydrogens (tertiary/aromatic N) is 1. The quantitative estimate of drug-likeness (QED) is 0.822. The van der Waals surface area contributed by atoms with Crippen molar-refractivity contribution in [2.24, 2.45) is 11.8 Å². The van der Waals surface area contributed by atoms with Gasteiger partial charge in [0.2, 0.25) is 0 Å². The molecule has 1 saturated heterocycles. The highest BCUT2D eigenvalue weighted by Gasteiger charge is 2.39. The molecule has 0 bridgehead atoms. The molecule has 3 atom stereocenters. The number of hydrogen-bond donors (Lipinski definition) is 1. The summed E-state index contributed by atoms with van der Waals surface area (Å²) in [6, 6.07) is 0.739. The van der Waals surface area contributed by atoms with Crippen molar-refractivity contribution in [1.82, 2.24) is 10.2 Å². The van der Waals surface area contributed by atoms with Gasteiger partial charge in [-0.2, -0.15) is 0 Å². The normalized spacial score (nSPS) is 39.8. The predicted octanol–water partition coefficient (Wildman–Crippen LogP) is 3.42. The zero-order valence-corrected chi connectivity index (χ0v) is 13.0. The summed E-state index contributed by atoms with van der Waals surface area (Å²) in [5.41, 5.74) is 0.481. The van der Waals surface area contributed by atoms with Crippen LogP contribution in [0.25, 0.3) is 0 Å². The lowest BCUT2D eigenvalue weighted by atomic mass is 9.79. The highest BCUT2D eigenvalue weighted by Crippen LogP contribution is 2.35. The number of rotatable bonds is 2. The Morgan fingerprint density at radius 3 is 2.58 bits per heavy atom. The molecule has 3 aliphatic rings. The van der Waals surface area contributed by atoms with E-state index in [4.69, 9.17) is 0 Å². The van der Waals surface area contributed by atoms with Crippen LogP contribution in [0.2, 0.25) is 0 Å². The first-order chi connectivity index (χ1) is 9.17. The maximum Gasteiger partial charge on any atom is 0.0309 e. The lowest BCUT2D eigenvalue weighted by molar-refractivity contribution is 0.0514. The number of hydrogen-bond acceptors (Lipinski definition) is 2. The van der Waals surface area contributed by atoms with Gasteiger partial charge < -0.3 is 5.32 Å². The molecule has 0 aromatic rings. The van der Waals surface area contributed by atoms with Crippen LogP contribution >= 0.6 is 0 Å². The molecule has 2 saturated carbocycles. The maximum absolute atomic E-state index is 3.91. The van der Waals surface area contributed by atoms with E-state index in [0.29, 0.717) is 5.54 Å². The van der Waals surface area contributed by atoms with Crippen molar-refractivity contribution in [1.29, 1.82) is 0 Å². The standard InChI is InChI=1S/C17H32N2/c1-14-6-7-16(10-14)12-19-13-17(18-11-15(19)2)8-4-3-5-9-17/h14-16,18H,3-13H2,1-2H3. The van der Waals surface area contributed by atoms with Crippen LogP contribution in [0.5, 0.6) is 0 Å². The third-order valence-corrected chi connectivity index (χ3v) is 6.01. The molecule has 3 unspecified atom stereocenters. The van der Waals surface area contributed by atoms with Crippen LogP contribution in [0.3, 0.4) is 0 Å². The minimum absolute atomic E-state index is 0.481. The van der Waals surface area contributed by atoms with Crippen LogP contribution in [0, 0.1) is 11.8 Å². The van der Waals surface area contributed by atoms with E-state index < -0.39 is 0 Å². The second-order valence-electron chi connectivity index (χ2n) is 7.78. The van der Waals surface area contributed by atoms with E-state index in [1.165, 1.54) is 71.0 Å². The van der Waals surface area contributed by atoms with Gasteiger partial charge in [0.15, 0.2) is 0 Å². The molecule has 0 amide bonds. The molecular weight excluding hydrogens is 232 g/mol. The van der Waals surface area contributed by atoms with Crippen molar-refractivity contribution in [3.63, 3.8) is 0 Å². The average Bonchev–Trinajstić information content (AvgIpc) is 2.81. The van der Waals surface area contributed by atoms with Gasteiger partial charge in [0.1, 0.15) is 0 Å². The zero-order chi connectivity index (χ0) is 13.3. The molecule has 1 spiro atoms. The molecule has 0 aromatic heterocycles. The topological polar surface area (TPSA) is 15.3 Å². The summed E-state index contributed by atoms with van der Waals surface area (Å²) in [5.74, 6) is 1.96.